The van der Waals surface area contributed by atoms with E-state index in [4.69, 9.17) is 16.3 Å². The number of halogens is 1. The van der Waals surface area contributed by atoms with Gasteiger partial charge < -0.3 is 10.1 Å². The SMILES string of the molecule is Cc1ccc(C2CNc3cc(Cl)cc(C)c3O2)s1. The molecule has 4 heteroatoms. The Bertz CT molecular complexity index is 593. The van der Waals surface area contributed by atoms with Gasteiger partial charge in [0.15, 0.2) is 6.10 Å². The summed E-state index contributed by atoms with van der Waals surface area (Å²) in [5, 5.41) is 4.14. The van der Waals surface area contributed by atoms with E-state index in [1.807, 2.05) is 19.1 Å². The molecule has 1 aromatic carbocycles. The predicted molar refractivity (Wildman–Crippen MR) is 77.1 cm³/mol. The van der Waals surface area contributed by atoms with Crippen LogP contribution in [0.1, 0.15) is 21.4 Å². The molecule has 0 fully saturated rings. The minimum atomic E-state index is 0.0936. The van der Waals surface area contributed by atoms with Crippen LogP contribution in [0.3, 0.4) is 0 Å². The van der Waals surface area contributed by atoms with Crippen LogP contribution in [0.5, 0.6) is 5.75 Å². The van der Waals surface area contributed by atoms with E-state index in [2.05, 4.69) is 24.4 Å². The maximum Gasteiger partial charge on any atom is 0.150 e. The first-order valence-corrected chi connectivity index (χ1v) is 7.10. The van der Waals surface area contributed by atoms with Crippen LogP contribution in [-0.2, 0) is 0 Å². The molecule has 2 aromatic rings. The van der Waals surface area contributed by atoms with Crippen molar-refractivity contribution in [2.24, 2.45) is 0 Å². The molecule has 1 N–H and O–H groups in total. The van der Waals surface area contributed by atoms with Crippen LogP contribution < -0.4 is 10.1 Å². The van der Waals surface area contributed by atoms with E-state index in [0.717, 1.165) is 28.6 Å². The molecule has 2 heterocycles. The quantitative estimate of drug-likeness (QED) is 0.826. The lowest BCUT2D eigenvalue weighted by Crippen LogP contribution is -2.23. The van der Waals surface area contributed by atoms with Gasteiger partial charge in [-0.1, -0.05) is 11.6 Å². The molecule has 0 saturated carbocycles. The van der Waals surface area contributed by atoms with Gasteiger partial charge in [-0.15, -0.1) is 11.3 Å². The molecule has 2 nitrogen and oxygen atoms in total. The third-order valence-electron chi connectivity index (χ3n) is 3.06. The van der Waals surface area contributed by atoms with Crippen LogP contribution in [-0.4, -0.2) is 6.54 Å². The average molecular weight is 280 g/mol. The highest BCUT2D eigenvalue weighted by molar-refractivity contribution is 7.12. The summed E-state index contributed by atoms with van der Waals surface area (Å²) >= 11 is 7.83. The van der Waals surface area contributed by atoms with E-state index in [0.29, 0.717) is 0 Å². The summed E-state index contributed by atoms with van der Waals surface area (Å²) in [6, 6.07) is 8.13. The smallest absolute Gasteiger partial charge is 0.150 e. The van der Waals surface area contributed by atoms with Crippen molar-refractivity contribution in [3.05, 3.63) is 44.6 Å². The molecule has 1 atom stereocenters. The molecule has 3 rings (SSSR count). The Balaban J connectivity index is 1.93. The van der Waals surface area contributed by atoms with Crippen LogP contribution in [0.25, 0.3) is 0 Å². The van der Waals surface area contributed by atoms with Crippen LogP contribution in [0.15, 0.2) is 24.3 Å². The molecule has 1 aliphatic heterocycles. The zero-order valence-corrected chi connectivity index (χ0v) is 11.9. The van der Waals surface area contributed by atoms with Gasteiger partial charge in [0, 0.05) is 14.8 Å². The highest BCUT2D eigenvalue weighted by atomic mass is 35.5. The van der Waals surface area contributed by atoms with Gasteiger partial charge in [-0.05, 0) is 43.7 Å². The number of rotatable bonds is 1. The fraction of sp³-hybridized carbons (Fsp3) is 0.286. The Morgan fingerprint density at radius 3 is 2.89 bits per heavy atom. The number of benzene rings is 1. The summed E-state index contributed by atoms with van der Waals surface area (Å²) in [4.78, 5) is 2.58. The summed E-state index contributed by atoms with van der Waals surface area (Å²) in [6.07, 6.45) is 0.0936. The molecule has 0 radical (unpaired) electrons. The van der Waals surface area contributed by atoms with Crippen molar-refractivity contribution in [1.82, 2.24) is 0 Å². The first-order chi connectivity index (χ1) is 8.63. The van der Waals surface area contributed by atoms with E-state index < -0.39 is 0 Å². The standard InChI is InChI=1S/C14H14ClNOS/c1-8-5-10(15)6-11-14(8)17-12(7-16-11)13-4-3-9(2)18-13/h3-6,12,16H,7H2,1-2H3. The van der Waals surface area contributed by atoms with Crippen LogP contribution in [0, 0.1) is 13.8 Å². The Hall–Kier alpha value is -1.19. The van der Waals surface area contributed by atoms with Crippen LogP contribution in [0.2, 0.25) is 5.02 Å². The van der Waals surface area contributed by atoms with Crippen molar-refractivity contribution >= 4 is 28.6 Å². The van der Waals surface area contributed by atoms with Crippen molar-refractivity contribution in [2.45, 2.75) is 20.0 Å². The number of hydrogen-bond acceptors (Lipinski definition) is 3. The Morgan fingerprint density at radius 1 is 1.33 bits per heavy atom. The van der Waals surface area contributed by atoms with Gasteiger partial charge in [0.2, 0.25) is 0 Å². The second kappa shape index (κ2) is 4.48. The van der Waals surface area contributed by atoms with Gasteiger partial charge in [0.25, 0.3) is 0 Å². The van der Waals surface area contributed by atoms with E-state index in [9.17, 15) is 0 Å². The Labute approximate surface area is 116 Å². The first kappa shape index (κ1) is 11.9. The molecule has 1 aliphatic rings. The maximum atomic E-state index is 6.11. The molecular formula is C14H14ClNOS. The molecule has 0 aliphatic carbocycles. The van der Waals surface area contributed by atoms with Crippen LogP contribution >= 0.6 is 22.9 Å². The molecule has 94 valence electrons. The molecule has 0 saturated heterocycles. The molecule has 1 aromatic heterocycles. The number of aryl methyl sites for hydroxylation is 2. The summed E-state index contributed by atoms with van der Waals surface area (Å²) in [7, 11) is 0. The van der Waals surface area contributed by atoms with Crippen molar-refractivity contribution in [1.29, 1.82) is 0 Å². The largest absolute Gasteiger partial charge is 0.481 e. The van der Waals surface area contributed by atoms with E-state index in [-0.39, 0.29) is 6.10 Å². The Kier molecular flexibility index (Phi) is 2.96. The van der Waals surface area contributed by atoms with Gasteiger partial charge in [0.05, 0.1) is 12.2 Å². The first-order valence-electron chi connectivity index (χ1n) is 5.90. The zero-order chi connectivity index (χ0) is 12.7. The minimum absolute atomic E-state index is 0.0936. The molecule has 0 bridgehead atoms. The molecule has 0 amide bonds. The topological polar surface area (TPSA) is 21.3 Å². The van der Waals surface area contributed by atoms with Crippen molar-refractivity contribution in [2.75, 3.05) is 11.9 Å². The third kappa shape index (κ3) is 2.08. The van der Waals surface area contributed by atoms with Gasteiger partial charge in [-0.25, -0.2) is 0 Å². The van der Waals surface area contributed by atoms with E-state index in [1.54, 1.807) is 11.3 Å². The highest BCUT2D eigenvalue weighted by Crippen LogP contribution is 2.40. The third-order valence-corrected chi connectivity index (χ3v) is 4.37. The lowest BCUT2D eigenvalue weighted by atomic mass is 10.1. The number of thiophene rings is 1. The maximum absolute atomic E-state index is 6.11. The lowest BCUT2D eigenvalue weighted by molar-refractivity contribution is 0.213. The van der Waals surface area contributed by atoms with Gasteiger partial charge >= 0.3 is 0 Å². The molecule has 1 unspecified atom stereocenters. The van der Waals surface area contributed by atoms with Crippen molar-refractivity contribution < 1.29 is 4.74 Å². The summed E-state index contributed by atoms with van der Waals surface area (Å²) in [5.41, 5.74) is 2.06. The molecular weight excluding hydrogens is 266 g/mol. The molecule has 0 spiro atoms. The summed E-state index contributed by atoms with van der Waals surface area (Å²) in [6.45, 7) is 4.92. The Morgan fingerprint density at radius 2 is 2.17 bits per heavy atom. The lowest BCUT2D eigenvalue weighted by Gasteiger charge is -2.28. The zero-order valence-electron chi connectivity index (χ0n) is 10.3. The van der Waals surface area contributed by atoms with Crippen molar-refractivity contribution in [3.63, 3.8) is 0 Å². The number of fused-ring (bicyclic) bond motifs is 1. The van der Waals surface area contributed by atoms with Crippen LogP contribution in [0.4, 0.5) is 5.69 Å². The van der Waals surface area contributed by atoms with Gasteiger partial charge in [-0.2, -0.15) is 0 Å². The summed E-state index contributed by atoms with van der Waals surface area (Å²) in [5.74, 6) is 0.918. The van der Waals surface area contributed by atoms with E-state index >= 15 is 0 Å². The second-order valence-corrected chi connectivity index (χ2v) is 6.29. The second-order valence-electron chi connectivity index (χ2n) is 4.54. The number of ether oxygens (including phenoxy) is 1. The predicted octanol–water partition coefficient (Wildman–Crippen LogP) is 4.56. The van der Waals surface area contributed by atoms with Gasteiger partial charge in [0.1, 0.15) is 5.75 Å². The fourth-order valence-electron chi connectivity index (χ4n) is 2.19. The van der Waals surface area contributed by atoms with E-state index in [1.165, 1.54) is 9.75 Å². The monoisotopic (exact) mass is 279 g/mol. The highest BCUT2D eigenvalue weighted by Gasteiger charge is 2.23. The van der Waals surface area contributed by atoms with Crippen molar-refractivity contribution in [3.8, 4) is 5.75 Å². The number of nitrogens with one attached hydrogen (secondary N) is 1. The number of anilines is 1. The minimum Gasteiger partial charge on any atom is -0.481 e. The molecule has 18 heavy (non-hydrogen) atoms. The van der Waals surface area contributed by atoms with Gasteiger partial charge in [-0.3, -0.25) is 0 Å². The fourth-order valence-corrected chi connectivity index (χ4v) is 3.37. The normalized spacial score (nSPS) is 17.8. The summed E-state index contributed by atoms with van der Waals surface area (Å²) < 4.78 is 6.11. The average Bonchev–Trinajstić information content (AvgIpc) is 2.75. The number of hydrogen-bond donors (Lipinski definition) is 1.